The minimum absolute atomic E-state index is 0.0407. The van der Waals surface area contributed by atoms with E-state index in [-0.39, 0.29) is 30.6 Å². The molecule has 2 rings (SSSR count). The number of carbonyl (C=O) groups excluding carboxylic acids is 1. The third-order valence-electron chi connectivity index (χ3n) is 5.93. The molecular formula is C18H28O4. The molecule has 0 amide bonds. The summed E-state index contributed by atoms with van der Waals surface area (Å²) in [6, 6.07) is 0. The van der Waals surface area contributed by atoms with Crippen LogP contribution < -0.4 is 0 Å². The summed E-state index contributed by atoms with van der Waals surface area (Å²) in [5.74, 6) is -0.581. The van der Waals surface area contributed by atoms with Gasteiger partial charge in [-0.05, 0) is 43.4 Å². The molecule has 0 heterocycles. The number of aliphatic carboxylic acids is 1. The first-order chi connectivity index (χ1) is 10.2. The first kappa shape index (κ1) is 17.2. The van der Waals surface area contributed by atoms with Gasteiger partial charge < -0.3 is 10.2 Å². The van der Waals surface area contributed by atoms with Crippen LogP contribution in [0, 0.1) is 35.0 Å². The molecule has 1 saturated carbocycles. The lowest BCUT2D eigenvalue weighted by molar-refractivity contribution is -0.158. The van der Waals surface area contributed by atoms with Crippen molar-refractivity contribution in [2.75, 3.05) is 6.61 Å². The Balaban J connectivity index is 2.55. The van der Waals surface area contributed by atoms with Crippen LogP contribution in [-0.2, 0) is 9.59 Å². The van der Waals surface area contributed by atoms with E-state index >= 15 is 0 Å². The molecule has 124 valence electrons. The predicted octanol–water partition coefficient (Wildman–Crippen LogP) is 2.90. The molecule has 2 aliphatic carbocycles. The second kappa shape index (κ2) is 6.15. The Morgan fingerprint density at radius 2 is 1.95 bits per heavy atom. The molecule has 0 spiro atoms. The summed E-state index contributed by atoms with van der Waals surface area (Å²) in [6.45, 7) is 7.82. The number of carbonyl (C=O) groups is 2. The maximum Gasteiger partial charge on any atom is 0.311 e. The predicted molar refractivity (Wildman–Crippen MR) is 84.2 cm³/mol. The van der Waals surface area contributed by atoms with E-state index in [0.29, 0.717) is 11.8 Å². The Morgan fingerprint density at radius 3 is 2.50 bits per heavy atom. The van der Waals surface area contributed by atoms with Crippen LogP contribution in [0.3, 0.4) is 0 Å². The Morgan fingerprint density at radius 1 is 1.32 bits per heavy atom. The molecule has 1 fully saturated rings. The van der Waals surface area contributed by atoms with Crippen LogP contribution in [0.4, 0.5) is 0 Å². The zero-order chi connectivity index (χ0) is 16.7. The topological polar surface area (TPSA) is 74.6 Å². The van der Waals surface area contributed by atoms with Gasteiger partial charge in [-0.2, -0.15) is 0 Å². The number of aliphatic hydroxyl groups excluding tert-OH is 1. The van der Waals surface area contributed by atoms with Gasteiger partial charge in [0.05, 0.1) is 5.92 Å². The normalized spacial score (nSPS) is 41.5. The minimum Gasteiger partial charge on any atom is -0.481 e. The third-order valence-corrected chi connectivity index (χ3v) is 5.93. The number of allylic oxidation sites excluding steroid dienone is 1. The molecule has 2 unspecified atom stereocenters. The first-order valence-electron chi connectivity index (χ1n) is 8.28. The molecule has 0 saturated heterocycles. The Labute approximate surface area is 132 Å². The van der Waals surface area contributed by atoms with E-state index in [0.717, 1.165) is 18.4 Å². The molecule has 0 radical (unpaired) electrons. The molecule has 6 atom stereocenters. The van der Waals surface area contributed by atoms with Crippen LogP contribution >= 0.6 is 0 Å². The molecule has 2 N–H and O–H groups in total. The summed E-state index contributed by atoms with van der Waals surface area (Å²) in [6.07, 6.45) is 4.19. The van der Waals surface area contributed by atoms with Gasteiger partial charge in [0, 0.05) is 18.4 Å². The molecular weight excluding hydrogens is 280 g/mol. The second-order valence-corrected chi connectivity index (χ2v) is 7.60. The highest BCUT2D eigenvalue weighted by Crippen LogP contribution is 2.56. The molecule has 4 nitrogen and oxygen atoms in total. The van der Waals surface area contributed by atoms with Crippen molar-refractivity contribution in [3.05, 3.63) is 11.6 Å². The highest BCUT2D eigenvalue weighted by Gasteiger charge is 2.57. The van der Waals surface area contributed by atoms with Gasteiger partial charge in [0.15, 0.2) is 0 Å². The maximum absolute atomic E-state index is 12.8. The van der Waals surface area contributed by atoms with Crippen molar-refractivity contribution in [2.45, 2.75) is 47.0 Å². The lowest BCUT2D eigenvalue weighted by atomic mass is 9.49. The number of ketones is 1. The van der Waals surface area contributed by atoms with E-state index in [9.17, 15) is 19.8 Å². The fraction of sp³-hybridized carbons (Fsp3) is 0.778. The van der Waals surface area contributed by atoms with Gasteiger partial charge >= 0.3 is 5.97 Å². The number of rotatable bonds is 4. The number of fused-ring (bicyclic) bond motifs is 1. The summed E-state index contributed by atoms with van der Waals surface area (Å²) >= 11 is 0. The van der Waals surface area contributed by atoms with Crippen LogP contribution in [0.15, 0.2) is 11.6 Å². The molecule has 0 aromatic heterocycles. The third kappa shape index (κ3) is 2.62. The van der Waals surface area contributed by atoms with Crippen molar-refractivity contribution < 1.29 is 19.8 Å². The van der Waals surface area contributed by atoms with E-state index in [1.54, 1.807) is 0 Å². The zero-order valence-electron chi connectivity index (χ0n) is 14.0. The van der Waals surface area contributed by atoms with Crippen molar-refractivity contribution in [3.8, 4) is 0 Å². The van der Waals surface area contributed by atoms with E-state index in [1.807, 2.05) is 13.8 Å². The number of hydrogen-bond donors (Lipinski definition) is 2. The second-order valence-electron chi connectivity index (χ2n) is 7.60. The maximum atomic E-state index is 12.8. The standard InChI is InChI=1S/C18H28O4/c1-10-7-11(2)15-13(8-10)9-12(3)16(17(21)22)18(15,4)14(20)5-6-19/h9-11,13,15-16,19H,5-8H2,1-4H3,(H,21,22)/t10-,11+,13?,15?,16+,18+/m1/s1. The lowest BCUT2D eigenvalue weighted by Gasteiger charge is -2.53. The van der Waals surface area contributed by atoms with Gasteiger partial charge in [-0.1, -0.05) is 32.4 Å². The molecule has 2 aliphatic rings. The van der Waals surface area contributed by atoms with Gasteiger partial charge in [0.25, 0.3) is 0 Å². The van der Waals surface area contributed by atoms with E-state index < -0.39 is 17.3 Å². The Hall–Kier alpha value is -1.16. The Bertz CT molecular complexity index is 495. The monoisotopic (exact) mass is 308 g/mol. The largest absolute Gasteiger partial charge is 0.481 e. The molecule has 0 aromatic rings. The van der Waals surface area contributed by atoms with Crippen molar-refractivity contribution in [3.63, 3.8) is 0 Å². The highest BCUT2D eigenvalue weighted by molar-refractivity contribution is 5.92. The van der Waals surface area contributed by atoms with E-state index in [1.165, 1.54) is 0 Å². The minimum atomic E-state index is -0.924. The average Bonchev–Trinajstić information content (AvgIpc) is 2.36. The highest BCUT2D eigenvalue weighted by atomic mass is 16.4. The summed E-state index contributed by atoms with van der Waals surface area (Å²) in [5, 5.41) is 18.9. The molecule has 0 aliphatic heterocycles. The van der Waals surface area contributed by atoms with Crippen molar-refractivity contribution >= 4 is 11.8 Å². The van der Waals surface area contributed by atoms with Gasteiger partial charge in [-0.15, -0.1) is 0 Å². The number of carboxylic acids is 1. The number of carboxylic acid groups (broad SMARTS) is 1. The Kier molecular flexibility index (Phi) is 4.81. The van der Waals surface area contributed by atoms with Crippen LogP contribution in [0.5, 0.6) is 0 Å². The van der Waals surface area contributed by atoms with Gasteiger partial charge in [-0.3, -0.25) is 9.59 Å². The van der Waals surface area contributed by atoms with Crippen molar-refractivity contribution in [1.82, 2.24) is 0 Å². The summed E-state index contributed by atoms with van der Waals surface area (Å²) in [5.41, 5.74) is -0.124. The van der Waals surface area contributed by atoms with Gasteiger partial charge in [0.1, 0.15) is 5.78 Å². The number of aliphatic hydroxyl groups is 1. The molecule has 22 heavy (non-hydrogen) atoms. The van der Waals surface area contributed by atoms with Crippen molar-refractivity contribution in [1.29, 1.82) is 0 Å². The van der Waals surface area contributed by atoms with Gasteiger partial charge in [-0.25, -0.2) is 0 Å². The van der Waals surface area contributed by atoms with Crippen molar-refractivity contribution in [2.24, 2.45) is 35.0 Å². The van der Waals surface area contributed by atoms with Crippen LogP contribution in [0.2, 0.25) is 0 Å². The van der Waals surface area contributed by atoms with Crippen LogP contribution in [0.1, 0.15) is 47.0 Å². The van der Waals surface area contributed by atoms with Crippen LogP contribution in [-0.4, -0.2) is 28.6 Å². The van der Waals surface area contributed by atoms with Crippen LogP contribution in [0.25, 0.3) is 0 Å². The first-order valence-corrected chi connectivity index (χ1v) is 8.28. The fourth-order valence-corrected chi connectivity index (χ4v) is 5.39. The summed E-state index contributed by atoms with van der Waals surface area (Å²) in [7, 11) is 0. The molecule has 4 heteroatoms. The lowest BCUT2D eigenvalue weighted by Crippen LogP contribution is -2.54. The quantitative estimate of drug-likeness (QED) is 0.783. The smallest absolute Gasteiger partial charge is 0.311 e. The SMILES string of the molecule is CC1=CC2C[C@H](C)C[C@H](C)C2[C@](C)(C(=O)CCO)[C@@H]1C(=O)O. The molecule has 0 aromatic carbocycles. The summed E-state index contributed by atoms with van der Waals surface area (Å²) in [4.78, 5) is 24.7. The van der Waals surface area contributed by atoms with Gasteiger partial charge in [0.2, 0.25) is 0 Å². The van der Waals surface area contributed by atoms with E-state index in [2.05, 4.69) is 19.9 Å². The average molecular weight is 308 g/mol. The fourth-order valence-electron chi connectivity index (χ4n) is 5.39. The number of hydrogen-bond acceptors (Lipinski definition) is 3. The zero-order valence-corrected chi connectivity index (χ0v) is 14.0. The summed E-state index contributed by atoms with van der Waals surface area (Å²) < 4.78 is 0. The van der Waals surface area contributed by atoms with E-state index in [4.69, 9.17) is 0 Å². The molecule has 0 bridgehead atoms. The number of Topliss-reactive ketones (excluding diaryl/α,β-unsaturated/α-hetero) is 1.